The number of aromatic nitrogens is 1. The van der Waals surface area contributed by atoms with Gasteiger partial charge in [0.25, 0.3) is 5.91 Å². The third-order valence-electron chi connectivity index (χ3n) is 5.96. The van der Waals surface area contributed by atoms with Crippen LogP contribution >= 0.6 is 11.6 Å². The molecule has 204 valence electrons. The van der Waals surface area contributed by atoms with Gasteiger partial charge >= 0.3 is 12.3 Å². The van der Waals surface area contributed by atoms with Gasteiger partial charge in [0.1, 0.15) is 17.5 Å². The van der Waals surface area contributed by atoms with Crippen LogP contribution in [-0.4, -0.2) is 35.0 Å². The molecule has 1 aromatic heterocycles. The fourth-order valence-electron chi connectivity index (χ4n) is 4.20. The van der Waals surface area contributed by atoms with Crippen LogP contribution in [0.3, 0.4) is 0 Å². The van der Waals surface area contributed by atoms with Gasteiger partial charge in [-0.1, -0.05) is 23.7 Å². The van der Waals surface area contributed by atoms with Crippen molar-refractivity contribution < 1.29 is 37.3 Å². The lowest BCUT2D eigenvalue weighted by molar-refractivity contribution is -0.274. The molecule has 7 nitrogen and oxygen atoms in total. The van der Waals surface area contributed by atoms with Crippen molar-refractivity contribution in [2.24, 2.45) is 0 Å². The van der Waals surface area contributed by atoms with Crippen molar-refractivity contribution in [3.05, 3.63) is 89.1 Å². The Hall–Kier alpha value is -4.18. The summed E-state index contributed by atoms with van der Waals surface area (Å²) in [7, 11) is 1.49. The first-order valence-electron chi connectivity index (χ1n) is 11.9. The number of carbonyl (C=O) groups is 2. The van der Waals surface area contributed by atoms with E-state index in [2.05, 4.69) is 10.1 Å². The monoisotopic (exact) mass is 560 g/mol. The van der Waals surface area contributed by atoms with Crippen LogP contribution < -0.4 is 14.8 Å². The molecular formula is C28H24ClF3N2O5. The van der Waals surface area contributed by atoms with E-state index in [0.717, 1.165) is 11.6 Å². The number of anilines is 1. The van der Waals surface area contributed by atoms with Gasteiger partial charge in [-0.2, -0.15) is 0 Å². The number of rotatable bonds is 10. The minimum atomic E-state index is -4.88. The van der Waals surface area contributed by atoms with E-state index in [9.17, 15) is 22.8 Å². The van der Waals surface area contributed by atoms with Crippen LogP contribution in [0.1, 0.15) is 34.8 Å². The molecule has 39 heavy (non-hydrogen) atoms. The fourth-order valence-corrected chi connectivity index (χ4v) is 4.32. The first-order chi connectivity index (χ1) is 18.5. The van der Waals surface area contributed by atoms with Crippen LogP contribution in [0.5, 0.6) is 11.5 Å². The molecular weight excluding hydrogens is 537 g/mol. The predicted octanol–water partition coefficient (Wildman–Crippen LogP) is 7.10. The largest absolute Gasteiger partial charge is 0.573 e. The average molecular weight is 561 g/mol. The van der Waals surface area contributed by atoms with Crippen LogP contribution in [0.2, 0.25) is 5.02 Å². The van der Waals surface area contributed by atoms with Crippen molar-refractivity contribution in [1.82, 2.24) is 4.57 Å². The molecule has 4 rings (SSSR count). The summed E-state index contributed by atoms with van der Waals surface area (Å²) in [5.74, 6) is -1.30. The number of nitrogens with one attached hydrogen (secondary N) is 1. The molecule has 0 saturated carbocycles. The van der Waals surface area contributed by atoms with E-state index in [1.54, 1.807) is 48.5 Å². The van der Waals surface area contributed by atoms with Crippen molar-refractivity contribution in [3.63, 3.8) is 0 Å². The number of halogens is 4. The molecule has 3 aromatic carbocycles. The lowest BCUT2D eigenvalue weighted by Crippen LogP contribution is -2.26. The predicted molar refractivity (Wildman–Crippen MR) is 141 cm³/mol. The molecule has 0 bridgehead atoms. The molecule has 0 aliphatic rings. The Kier molecular flexibility index (Phi) is 8.35. The average Bonchev–Trinajstić information content (AvgIpc) is 3.29. The lowest BCUT2D eigenvalue weighted by Gasteiger charge is -2.21. The van der Waals surface area contributed by atoms with Gasteiger partial charge in [-0.05, 0) is 66.4 Å². The van der Waals surface area contributed by atoms with Crippen LogP contribution in [-0.2, 0) is 11.2 Å². The number of ether oxygens (including phenoxy) is 2. The topological polar surface area (TPSA) is 89.8 Å². The summed E-state index contributed by atoms with van der Waals surface area (Å²) < 4.78 is 49.1. The number of benzene rings is 3. The summed E-state index contributed by atoms with van der Waals surface area (Å²) in [5.41, 5.74) is 2.14. The molecule has 4 aromatic rings. The SMILES string of the molecule is COc1cc(CCCC(=O)O)cc(NC(C(=O)n2ccc3ccc(OC(F)(F)F)cc32)c2ccc(Cl)cc2)c1. The highest BCUT2D eigenvalue weighted by atomic mass is 35.5. The van der Waals surface area contributed by atoms with Crippen molar-refractivity contribution in [1.29, 1.82) is 0 Å². The second-order valence-electron chi connectivity index (χ2n) is 8.74. The highest BCUT2D eigenvalue weighted by Gasteiger charge is 2.31. The Morgan fingerprint density at radius 2 is 1.77 bits per heavy atom. The molecule has 0 spiro atoms. The molecule has 1 unspecified atom stereocenters. The van der Waals surface area contributed by atoms with Gasteiger partial charge in [-0.15, -0.1) is 13.2 Å². The number of carboxylic acid groups (broad SMARTS) is 1. The fraction of sp³-hybridized carbons (Fsp3) is 0.214. The Labute approximate surface area is 226 Å². The van der Waals surface area contributed by atoms with Gasteiger partial charge in [-0.3, -0.25) is 14.2 Å². The molecule has 0 amide bonds. The molecule has 0 fully saturated rings. The molecule has 0 aliphatic heterocycles. The Bertz CT molecular complexity index is 1490. The first-order valence-corrected chi connectivity index (χ1v) is 12.2. The van der Waals surface area contributed by atoms with Gasteiger partial charge in [-0.25, -0.2) is 0 Å². The highest BCUT2D eigenvalue weighted by Crippen LogP contribution is 2.31. The number of aliphatic carboxylic acids is 1. The first kappa shape index (κ1) is 27.8. The van der Waals surface area contributed by atoms with Gasteiger partial charge in [0, 0.05) is 40.8 Å². The van der Waals surface area contributed by atoms with Crippen LogP contribution in [0.15, 0.2) is 72.9 Å². The molecule has 0 saturated heterocycles. The molecule has 1 atom stereocenters. The quantitative estimate of drug-likeness (QED) is 0.215. The van der Waals surface area contributed by atoms with E-state index in [1.807, 2.05) is 0 Å². The summed E-state index contributed by atoms with van der Waals surface area (Å²) in [4.78, 5) is 24.8. The van der Waals surface area contributed by atoms with Crippen molar-refractivity contribution in [3.8, 4) is 11.5 Å². The summed E-state index contributed by atoms with van der Waals surface area (Å²) in [6.45, 7) is 0. The van der Waals surface area contributed by atoms with E-state index in [4.69, 9.17) is 21.4 Å². The maximum absolute atomic E-state index is 13.9. The zero-order valence-corrected chi connectivity index (χ0v) is 21.4. The summed E-state index contributed by atoms with van der Waals surface area (Å²) in [5, 5.41) is 13.2. The Morgan fingerprint density at radius 3 is 2.44 bits per heavy atom. The van der Waals surface area contributed by atoms with Gasteiger partial charge in [0.05, 0.1) is 12.6 Å². The second-order valence-corrected chi connectivity index (χ2v) is 9.17. The number of carbonyl (C=O) groups excluding carboxylic acids is 1. The number of carboxylic acids is 1. The second kappa shape index (κ2) is 11.7. The maximum atomic E-state index is 13.9. The number of alkyl halides is 3. The van der Waals surface area contributed by atoms with E-state index >= 15 is 0 Å². The molecule has 0 aliphatic carbocycles. The smallest absolute Gasteiger partial charge is 0.497 e. The molecule has 1 heterocycles. The number of fused-ring (bicyclic) bond motifs is 1. The summed E-state index contributed by atoms with van der Waals surface area (Å²) in [6, 6.07) is 16.3. The highest BCUT2D eigenvalue weighted by molar-refractivity contribution is 6.30. The number of aryl methyl sites for hydroxylation is 1. The van der Waals surface area contributed by atoms with E-state index in [-0.39, 0.29) is 11.9 Å². The van der Waals surface area contributed by atoms with E-state index in [1.165, 1.54) is 30.0 Å². The standard InChI is InChI=1S/C28H24ClF3N2O5/c1-38-23-14-17(3-2-4-25(35)36)13-21(15-23)33-26(19-5-8-20(29)9-6-19)27(37)34-12-11-18-7-10-22(16-24(18)34)39-28(30,31)32/h5-16,26,33H,2-4H2,1H3,(H,35,36). The molecule has 11 heteroatoms. The molecule has 0 radical (unpaired) electrons. The van der Waals surface area contributed by atoms with Crippen LogP contribution in [0, 0.1) is 0 Å². The van der Waals surface area contributed by atoms with Gasteiger partial charge in [0.2, 0.25) is 0 Å². The zero-order valence-electron chi connectivity index (χ0n) is 20.7. The van der Waals surface area contributed by atoms with E-state index in [0.29, 0.717) is 40.3 Å². The Balaban J connectivity index is 1.71. The minimum Gasteiger partial charge on any atom is -0.497 e. The normalized spacial score (nSPS) is 12.2. The third kappa shape index (κ3) is 7.23. The van der Waals surface area contributed by atoms with Crippen molar-refractivity contribution >= 4 is 40.1 Å². The maximum Gasteiger partial charge on any atom is 0.573 e. The summed E-state index contributed by atoms with van der Waals surface area (Å²) >= 11 is 6.06. The summed E-state index contributed by atoms with van der Waals surface area (Å²) in [6.07, 6.45) is -2.50. The lowest BCUT2D eigenvalue weighted by atomic mass is 10.0. The number of methoxy groups -OCH3 is 1. The molecule has 2 N–H and O–H groups in total. The number of hydrogen-bond donors (Lipinski definition) is 2. The zero-order chi connectivity index (χ0) is 28.2. The van der Waals surface area contributed by atoms with Crippen LogP contribution in [0.4, 0.5) is 18.9 Å². The minimum absolute atomic E-state index is 0.00655. The van der Waals surface area contributed by atoms with E-state index < -0.39 is 30.0 Å². The van der Waals surface area contributed by atoms with Crippen molar-refractivity contribution in [2.75, 3.05) is 12.4 Å². The van der Waals surface area contributed by atoms with Crippen LogP contribution in [0.25, 0.3) is 10.9 Å². The number of nitrogens with zero attached hydrogens (tertiary/aromatic N) is 1. The number of hydrogen-bond acceptors (Lipinski definition) is 5. The van der Waals surface area contributed by atoms with Gasteiger partial charge in [0.15, 0.2) is 0 Å². The third-order valence-corrected chi connectivity index (χ3v) is 6.21. The Morgan fingerprint density at radius 1 is 1.03 bits per heavy atom. The van der Waals surface area contributed by atoms with Gasteiger partial charge < -0.3 is 19.9 Å². The van der Waals surface area contributed by atoms with Crippen molar-refractivity contribution in [2.45, 2.75) is 31.7 Å².